The molecule has 2 aliphatic rings. The number of benzene rings is 8. The summed E-state index contributed by atoms with van der Waals surface area (Å²) in [7, 11) is 0. The predicted molar refractivity (Wildman–Crippen MR) is 238 cm³/mol. The summed E-state index contributed by atoms with van der Waals surface area (Å²) in [5.41, 5.74) is 26.6. The molecule has 0 amide bonds. The second kappa shape index (κ2) is 14.9. The Kier molecular flexibility index (Phi) is 9.66. The number of nitrogen functional groups attached to an aromatic ring is 1. The van der Waals surface area contributed by atoms with Crippen LogP contribution in [0.2, 0.25) is 0 Å². The summed E-state index contributed by atoms with van der Waals surface area (Å²) >= 11 is 0. The van der Waals surface area contributed by atoms with E-state index < -0.39 is 0 Å². The van der Waals surface area contributed by atoms with E-state index in [2.05, 4.69) is 191 Å². The SMILES string of the molecule is C=CN.CC(c1ccccc1)c1ccc(-c2ccc3c(c2)C2(c4ccccc4-3)c3ccccc3C(C)(C)c3ccccc32)c2ccccc12.Nc1ccccc1. The molecule has 274 valence electrons. The first-order valence-corrected chi connectivity index (χ1v) is 19.5. The Bertz CT molecular complexity index is 2620. The molecule has 2 nitrogen and oxygen atoms in total. The van der Waals surface area contributed by atoms with E-state index in [1.807, 2.05) is 30.3 Å². The van der Waals surface area contributed by atoms with E-state index in [4.69, 9.17) is 5.73 Å². The van der Waals surface area contributed by atoms with Gasteiger partial charge in [0.15, 0.2) is 0 Å². The third-order valence-corrected chi connectivity index (χ3v) is 11.9. The van der Waals surface area contributed by atoms with Gasteiger partial charge < -0.3 is 11.5 Å². The molecule has 4 N–H and O–H groups in total. The molecule has 2 aliphatic carbocycles. The fourth-order valence-electron chi connectivity index (χ4n) is 9.35. The minimum absolute atomic E-state index is 0.102. The third kappa shape index (κ3) is 5.90. The lowest BCUT2D eigenvalue weighted by Gasteiger charge is -2.46. The van der Waals surface area contributed by atoms with Gasteiger partial charge in [0.1, 0.15) is 0 Å². The maximum Gasteiger partial charge on any atom is 0.0719 e. The standard InChI is InChI=1S/C46H36.C6H7N.C2H5N/c1-30(31-15-5-4-6-16-31)33-27-28-34(36-18-8-7-17-35(33)36)32-25-26-38-37-19-9-10-20-39(37)46(44(38)29-32)42-23-13-11-21-40(42)45(2,3)41-22-12-14-24-43(41)46;7-6-4-2-1-3-5-6;1-2-3/h4-30H,1-3H3;1-5H,7H2;2H,1,3H2. The highest BCUT2D eigenvalue weighted by molar-refractivity contribution is 6.00. The molecular formula is C54H48N2. The average Bonchev–Trinajstić information content (AvgIpc) is 3.54. The molecular weight excluding hydrogens is 677 g/mol. The molecule has 0 saturated heterocycles. The number of fused-ring (bicyclic) bond motifs is 10. The molecule has 8 aromatic carbocycles. The molecule has 8 aromatic rings. The highest BCUT2D eigenvalue weighted by Gasteiger charge is 2.53. The fraction of sp³-hybridized carbons (Fsp3) is 0.111. The molecule has 1 atom stereocenters. The van der Waals surface area contributed by atoms with Crippen LogP contribution in [0.1, 0.15) is 71.2 Å². The van der Waals surface area contributed by atoms with Gasteiger partial charge in [-0.25, -0.2) is 0 Å². The molecule has 1 spiro atoms. The Morgan fingerprint density at radius 3 is 1.54 bits per heavy atom. The Balaban J connectivity index is 0.000000391. The smallest absolute Gasteiger partial charge is 0.0719 e. The van der Waals surface area contributed by atoms with Crippen LogP contribution >= 0.6 is 0 Å². The van der Waals surface area contributed by atoms with Gasteiger partial charge in [-0.2, -0.15) is 0 Å². The van der Waals surface area contributed by atoms with Crippen molar-refractivity contribution in [2.75, 3.05) is 5.73 Å². The first kappa shape index (κ1) is 36.3. The summed E-state index contributed by atoms with van der Waals surface area (Å²) in [5, 5.41) is 2.63. The molecule has 0 fully saturated rings. The number of anilines is 1. The van der Waals surface area contributed by atoms with Crippen LogP contribution in [0.25, 0.3) is 33.0 Å². The largest absolute Gasteiger partial charge is 0.405 e. The average molecular weight is 725 g/mol. The highest BCUT2D eigenvalue weighted by atomic mass is 14.5. The number of nitrogens with two attached hydrogens (primary N) is 2. The van der Waals surface area contributed by atoms with E-state index in [1.165, 1.54) is 83.7 Å². The van der Waals surface area contributed by atoms with E-state index in [0.717, 1.165) is 5.69 Å². The molecule has 0 bridgehead atoms. The molecule has 0 aliphatic heterocycles. The van der Waals surface area contributed by atoms with Gasteiger partial charge in [-0.15, -0.1) is 0 Å². The number of hydrogen-bond acceptors (Lipinski definition) is 2. The van der Waals surface area contributed by atoms with E-state index in [0.29, 0.717) is 5.92 Å². The van der Waals surface area contributed by atoms with Gasteiger partial charge >= 0.3 is 0 Å². The Labute approximate surface area is 331 Å². The topological polar surface area (TPSA) is 52.0 Å². The normalized spacial score (nSPS) is 14.1. The lowest BCUT2D eigenvalue weighted by molar-refractivity contribution is 0.563. The van der Waals surface area contributed by atoms with E-state index in [-0.39, 0.29) is 10.8 Å². The fourth-order valence-corrected chi connectivity index (χ4v) is 9.35. The van der Waals surface area contributed by atoms with Crippen molar-refractivity contribution in [2.45, 2.75) is 37.5 Å². The number of hydrogen-bond donors (Lipinski definition) is 2. The third-order valence-electron chi connectivity index (χ3n) is 11.9. The van der Waals surface area contributed by atoms with Crippen LogP contribution in [0.5, 0.6) is 0 Å². The first-order chi connectivity index (χ1) is 27.3. The van der Waals surface area contributed by atoms with Crippen molar-refractivity contribution in [1.82, 2.24) is 0 Å². The maximum absolute atomic E-state index is 5.36. The molecule has 2 heteroatoms. The predicted octanol–water partition coefficient (Wildman–Crippen LogP) is 13.0. The first-order valence-electron chi connectivity index (χ1n) is 19.5. The van der Waals surface area contributed by atoms with Crippen LogP contribution in [0.4, 0.5) is 5.69 Å². The van der Waals surface area contributed by atoms with Crippen molar-refractivity contribution in [2.24, 2.45) is 5.73 Å². The molecule has 0 heterocycles. The lowest BCUT2D eigenvalue weighted by Crippen LogP contribution is -2.40. The molecule has 56 heavy (non-hydrogen) atoms. The van der Waals surface area contributed by atoms with Gasteiger partial charge in [-0.1, -0.05) is 197 Å². The molecule has 0 saturated carbocycles. The number of para-hydroxylation sites is 1. The molecule has 0 aromatic heterocycles. The second-order valence-corrected chi connectivity index (χ2v) is 15.3. The van der Waals surface area contributed by atoms with Crippen molar-refractivity contribution < 1.29 is 0 Å². The van der Waals surface area contributed by atoms with Crippen molar-refractivity contribution in [3.63, 3.8) is 0 Å². The van der Waals surface area contributed by atoms with Crippen LogP contribution in [0.15, 0.2) is 201 Å². The number of rotatable bonds is 3. The molecule has 10 rings (SSSR count). The molecule has 0 radical (unpaired) electrons. The van der Waals surface area contributed by atoms with Crippen molar-refractivity contribution in [1.29, 1.82) is 0 Å². The van der Waals surface area contributed by atoms with E-state index in [1.54, 1.807) is 0 Å². The Hall–Kier alpha value is -6.64. The van der Waals surface area contributed by atoms with Gasteiger partial charge in [0.2, 0.25) is 0 Å². The minimum Gasteiger partial charge on any atom is -0.405 e. The zero-order valence-corrected chi connectivity index (χ0v) is 32.4. The van der Waals surface area contributed by atoms with E-state index >= 15 is 0 Å². The van der Waals surface area contributed by atoms with Gasteiger partial charge in [0.25, 0.3) is 0 Å². The minimum atomic E-state index is -0.387. The van der Waals surface area contributed by atoms with Crippen molar-refractivity contribution >= 4 is 16.5 Å². The zero-order valence-electron chi connectivity index (χ0n) is 32.4. The van der Waals surface area contributed by atoms with Crippen LogP contribution in [-0.4, -0.2) is 0 Å². The van der Waals surface area contributed by atoms with Crippen LogP contribution < -0.4 is 11.5 Å². The lowest BCUT2D eigenvalue weighted by atomic mass is 9.55. The summed E-state index contributed by atoms with van der Waals surface area (Å²) in [6.45, 7) is 10.2. The Morgan fingerprint density at radius 1 is 0.482 bits per heavy atom. The quantitative estimate of drug-likeness (QED) is 0.178. The zero-order chi connectivity index (χ0) is 38.9. The summed E-state index contributed by atoms with van der Waals surface area (Å²) in [4.78, 5) is 0. The van der Waals surface area contributed by atoms with Gasteiger partial charge in [-0.3, -0.25) is 0 Å². The monoisotopic (exact) mass is 724 g/mol. The molecule has 1 unspecified atom stereocenters. The van der Waals surface area contributed by atoms with Crippen LogP contribution in [0.3, 0.4) is 0 Å². The maximum atomic E-state index is 5.36. The van der Waals surface area contributed by atoms with Crippen LogP contribution in [-0.2, 0) is 10.8 Å². The highest BCUT2D eigenvalue weighted by Crippen LogP contribution is 2.62. The van der Waals surface area contributed by atoms with Gasteiger partial charge in [0.05, 0.1) is 5.41 Å². The second-order valence-electron chi connectivity index (χ2n) is 15.3. The van der Waals surface area contributed by atoms with E-state index in [9.17, 15) is 0 Å². The van der Waals surface area contributed by atoms with Crippen molar-refractivity contribution in [3.8, 4) is 22.3 Å². The summed E-state index contributed by atoms with van der Waals surface area (Å²) in [5.74, 6) is 0.302. The summed E-state index contributed by atoms with van der Waals surface area (Å²) < 4.78 is 0. The summed E-state index contributed by atoms with van der Waals surface area (Å²) in [6.07, 6.45) is 1.25. The Morgan fingerprint density at radius 2 is 0.946 bits per heavy atom. The van der Waals surface area contributed by atoms with Gasteiger partial charge in [-0.05, 0) is 102 Å². The summed E-state index contributed by atoms with van der Waals surface area (Å²) in [6, 6.07) is 68.8. The van der Waals surface area contributed by atoms with Gasteiger partial charge in [0, 0.05) is 17.0 Å². The van der Waals surface area contributed by atoms with Crippen molar-refractivity contribution in [3.05, 3.63) is 245 Å². The van der Waals surface area contributed by atoms with Crippen LogP contribution in [0, 0.1) is 0 Å².